The molecular weight excluding hydrogens is 200 g/mol. The van der Waals surface area contributed by atoms with E-state index in [0.29, 0.717) is 6.61 Å². The summed E-state index contributed by atoms with van der Waals surface area (Å²) >= 11 is 0. The van der Waals surface area contributed by atoms with Crippen LogP contribution in [0.2, 0.25) is 0 Å². The minimum atomic E-state index is -0.676. The van der Waals surface area contributed by atoms with E-state index in [-0.39, 0.29) is 22.8 Å². The molecule has 0 fully saturated rings. The number of benzene rings is 1. The van der Waals surface area contributed by atoms with Crippen molar-refractivity contribution >= 4 is 5.97 Å². The second kappa shape index (κ2) is 4.54. The van der Waals surface area contributed by atoms with E-state index in [2.05, 4.69) is 4.74 Å². The van der Waals surface area contributed by atoms with Crippen molar-refractivity contribution in [3.05, 3.63) is 17.7 Å². The fourth-order valence-corrected chi connectivity index (χ4v) is 1.16. The molecule has 0 radical (unpaired) electrons. The van der Waals surface area contributed by atoms with Gasteiger partial charge in [0.15, 0.2) is 11.5 Å². The Balaban J connectivity index is 3.26. The third-order valence-corrected chi connectivity index (χ3v) is 1.75. The summed E-state index contributed by atoms with van der Waals surface area (Å²) in [6, 6.07) is 2.27. The van der Waals surface area contributed by atoms with Crippen LogP contribution in [0.3, 0.4) is 0 Å². The maximum absolute atomic E-state index is 11.3. The summed E-state index contributed by atoms with van der Waals surface area (Å²) in [5.74, 6) is -1.18. The van der Waals surface area contributed by atoms with E-state index < -0.39 is 5.97 Å². The van der Waals surface area contributed by atoms with Crippen molar-refractivity contribution in [2.75, 3.05) is 13.7 Å². The van der Waals surface area contributed by atoms with Crippen molar-refractivity contribution < 1.29 is 24.5 Å². The van der Waals surface area contributed by atoms with Gasteiger partial charge in [-0.25, -0.2) is 4.79 Å². The maximum Gasteiger partial charge on any atom is 0.341 e. The molecule has 0 saturated carbocycles. The van der Waals surface area contributed by atoms with Crippen molar-refractivity contribution in [3.63, 3.8) is 0 Å². The van der Waals surface area contributed by atoms with Crippen LogP contribution < -0.4 is 4.74 Å². The van der Waals surface area contributed by atoms with Gasteiger partial charge in [0.2, 0.25) is 0 Å². The molecule has 1 rings (SSSR count). The summed E-state index contributed by atoms with van der Waals surface area (Å²) in [4.78, 5) is 11.3. The average molecular weight is 212 g/mol. The van der Waals surface area contributed by atoms with Gasteiger partial charge >= 0.3 is 5.97 Å². The highest BCUT2D eigenvalue weighted by Crippen LogP contribution is 2.34. The topological polar surface area (TPSA) is 76.0 Å². The number of ether oxygens (including phenoxy) is 2. The van der Waals surface area contributed by atoms with Crippen LogP contribution in [0.4, 0.5) is 0 Å². The number of esters is 1. The van der Waals surface area contributed by atoms with Crippen LogP contribution in [0.5, 0.6) is 17.2 Å². The molecule has 5 nitrogen and oxygen atoms in total. The molecule has 82 valence electrons. The Kier molecular flexibility index (Phi) is 3.38. The molecule has 5 heteroatoms. The number of phenols is 2. The summed E-state index contributed by atoms with van der Waals surface area (Å²) in [7, 11) is 1.21. The van der Waals surface area contributed by atoms with Gasteiger partial charge in [-0.2, -0.15) is 0 Å². The Morgan fingerprint density at radius 1 is 1.40 bits per heavy atom. The van der Waals surface area contributed by atoms with E-state index in [0.717, 1.165) is 6.07 Å². The van der Waals surface area contributed by atoms with Crippen LogP contribution in [0.1, 0.15) is 17.3 Å². The molecule has 0 aromatic heterocycles. The SMILES string of the molecule is CCOc1c(O)cc(O)cc1C(=O)OC. The molecule has 0 amide bonds. The largest absolute Gasteiger partial charge is 0.508 e. The van der Waals surface area contributed by atoms with E-state index >= 15 is 0 Å². The van der Waals surface area contributed by atoms with Crippen LogP contribution in [-0.2, 0) is 4.74 Å². The van der Waals surface area contributed by atoms with E-state index in [9.17, 15) is 15.0 Å². The molecule has 0 aliphatic rings. The second-order valence-electron chi connectivity index (χ2n) is 2.77. The summed E-state index contributed by atoms with van der Waals surface area (Å²) in [6.45, 7) is 2.01. The first-order valence-electron chi connectivity index (χ1n) is 4.37. The summed E-state index contributed by atoms with van der Waals surface area (Å²) in [5.41, 5.74) is -0.00292. The smallest absolute Gasteiger partial charge is 0.341 e. The van der Waals surface area contributed by atoms with Crippen LogP contribution in [0.25, 0.3) is 0 Å². The summed E-state index contributed by atoms with van der Waals surface area (Å²) in [6.07, 6.45) is 0. The number of hydrogen-bond donors (Lipinski definition) is 2. The van der Waals surface area contributed by atoms with Crippen molar-refractivity contribution in [1.29, 1.82) is 0 Å². The van der Waals surface area contributed by atoms with Gasteiger partial charge in [-0.05, 0) is 13.0 Å². The van der Waals surface area contributed by atoms with Gasteiger partial charge < -0.3 is 19.7 Å². The standard InChI is InChI=1S/C10H12O5/c1-3-15-9-7(10(13)14-2)4-6(11)5-8(9)12/h4-5,11-12H,3H2,1-2H3. The number of rotatable bonds is 3. The average Bonchev–Trinajstić information content (AvgIpc) is 2.20. The van der Waals surface area contributed by atoms with Crippen molar-refractivity contribution in [2.45, 2.75) is 6.92 Å². The number of hydrogen-bond acceptors (Lipinski definition) is 5. The number of methoxy groups -OCH3 is 1. The molecule has 0 heterocycles. The Bertz CT molecular complexity index is 372. The number of phenolic OH excluding ortho intramolecular Hbond substituents is 2. The van der Waals surface area contributed by atoms with Crippen LogP contribution in [-0.4, -0.2) is 29.9 Å². The lowest BCUT2D eigenvalue weighted by Crippen LogP contribution is -2.05. The minimum absolute atomic E-state index is 0.00292. The zero-order valence-electron chi connectivity index (χ0n) is 8.48. The molecule has 0 unspecified atom stereocenters. The summed E-state index contributed by atoms with van der Waals surface area (Å²) < 4.78 is 9.58. The fourth-order valence-electron chi connectivity index (χ4n) is 1.16. The van der Waals surface area contributed by atoms with E-state index in [1.165, 1.54) is 13.2 Å². The van der Waals surface area contributed by atoms with Gasteiger partial charge in [0, 0.05) is 6.07 Å². The fraction of sp³-hybridized carbons (Fsp3) is 0.300. The van der Waals surface area contributed by atoms with Crippen LogP contribution in [0, 0.1) is 0 Å². The van der Waals surface area contributed by atoms with Crippen LogP contribution in [0.15, 0.2) is 12.1 Å². The van der Waals surface area contributed by atoms with Gasteiger partial charge in [0.1, 0.15) is 11.3 Å². The zero-order valence-corrected chi connectivity index (χ0v) is 8.48. The lowest BCUT2D eigenvalue weighted by molar-refractivity contribution is 0.0595. The molecule has 2 N–H and O–H groups in total. The highest BCUT2D eigenvalue weighted by molar-refractivity contribution is 5.94. The van der Waals surface area contributed by atoms with Gasteiger partial charge in [0.05, 0.1) is 13.7 Å². The number of carbonyl (C=O) groups is 1. The third-order valence-electron chi connectivity index (χ3n) is 1.75. The van der Waals surface area contributed by atoms with Gasteiger partial charge in [-0.3, -0.25) is 0 Å². The van der Waals surface area contributed by atoms with E-state index in [1.807, 2.05) is 0 Å². The van der Waals surface area contributed by atoms with Crippen molar-refractivity contribution in [1.82, 2.24) is 0 Å². The molecule has 0 atom stereocenters. The Morgan fingerprint density at radius 3 is 2.60 bits per heavy atom. The third kappa shape index (κ3) is 2.31. The quantitative estimate of drug-likeness (QED) is 0.738. The lowest BCUT2D eigenvalue weighted by atomic mass is 10.1. The van der Waals surface area contributed by atoms with Gasteiger partial charge in [-0.15, -0.1) is 0 Å². The van der Waals surface area contributed by atoms with E-state index in [4.69, 9.17) is 4.74 Å². The number of carbonyl (C=O) groups excluding carboxylic acids is 1. The van der Waals surface area contributed by atoms with Crippen molar-refractivity contribution in [2.24, 2.45) is 0 Å². The minimum Gasteiger partial charge on any atom is -0.508 e. The molecule has 0 saturated heterocycles. The van der Waals surface area contributed by atoms with Gasteiger partial charge in [0.25, 0.3) is 0 Å². The normalized spacial score (nSPS) is 9.73. The molecule has 0 spiro atoms. The molecule has 1 aromatic rings. The molecule has 1 aromatic carbocycles. The second-order valence-corrected chi connectivity index (χ2v) is 2.77. The molecule has 0 bridgehead atoms. The van der Waals surface area contributed by atoms with Gasteiger partial charge in [-0.1, -0.05) is 0 Å². The molecular formula is C10H12O5. The molecule has 0 aliphatic heterocycles. The Morgan fingerprint density at radius 2 is 2.07 bits per heavy atom. The first kappa shape index (κ1) is 11.2. The lowest BCUT2D eigenvalue weighted by Gasteiger charge is -2.10. The van der Waals surface area contributed by atoms with E-state index in [1.54, 1.807) is 6.92 Å². The summed E-state index contributed by atoms with van der Waals surface area (Å²) in [5, 5.41) is 18.7. The number of aromatic hydroxyl groups is 2. The monoisotopic (exact) mass is 212 g/mol. The Hall–Kier alpha value is -1.91. The highest BCUT2D eigenvalue weighted by Gasteiger charge is 2.18. The highest BCUT2D eigenvalue weighted by atomic mass is 16.5. The predicted octanol–water partition coefficient (Wildman–Crippen LogP) is 1.28. The Labute approximate surface area is 86.9 Å². The van der Waals surface area contributed by atoms with Crippen LogP contribution >= 0.6 is 0 Å². The predicted molar refractivity (Wildman–Crippen MR) is 52.3 cm³/mol. The molecule has 0 aliphatic carbocycles. The molecule has 15 heavy (non-hydrogen) atoms. The zero-order chi connectivity index (χ0) is 11.4. The first-order valence-corrected chi connectivity index (χ1v) is 4.37. The first-order chi connectivity index (χ1) is 7.10. The van der Waals surface area contributed by atoms with Crippen molar-refractivity contribution in [3.8, 4) is 17.2 Å². The maximum atomic E-state index is 11.3.